The monoisotopic (exact) mass is 528 g/mol. The molecular weight excluding hydrogens is 500 g/mol. The Balaban J connectivity index is 1.52. The molecule has 196 valence electrons. The second-order valence-corrected chi connectivity index (χ2v) is 10.6. The Bertz CT molecular complexity index is 1290. The summed E-state index contributed by atoms with van der Waals surface area (Å²) in [5.41, 5.74) is 3.07. The SMILES string of the molecule is Cc1c(C)c2c(c(C)c1O)C(=NOCC(=O)O)CC(C)(COc1ccc(CC3SC(=O)NC3=O)cc1)O2. The van der Waals surface area contributed by atoms with Gasteiger partial charge in [-0.2, -0.15) is 0 Å². The van der Waals surface area contributed by atoms with E-state index in [-0.39, 0.29) is 29.9 Å². The van der Waals surface area contributed by atoms with E-state index in [0.29, 0.717) is 40.3 Å². The maximum absolute atomic E-state index is 11.8. The number of carboxylic acid groups (broad SMARTS) is 1. The number of phenols is 1. The molecule has 0 aromatic heterocycles. The third-order valence-corrected chi connectivity index (χ3v) is 7.39. The molecule has 0 saturated carbocycles. The standard InChI is InChI=1S/C26H28N2O8S/c1-13-14(2)23-21(15(3)22(13)31)18(28-35-11-20(29)30)10-26(4,36-23)12-34-17-7-5-16(6-8-17)9-19-24(32)27-25(33)37-19/h5-8,19,31H,9-12H2,1-4H3,(H,29,30)(H,27,32,33). The number of aromatic hydroxyl groups is 1. The average Bonchev–Trinajstić information content (AvgIpc) is 3.16. The number of phenolic OH excluding ortho intramolecular Hbond substituents is 1. The van der Waals surface area contributed by atoms with E-state index in [4.69, 9.17) is 19.4 Å². The maximum atomic E-state index is 11.8. The second kappa shape index (κ2) is 10.3. The van der Waals surface area contributed by atoms with Gasteiger partial charge in [0.1, 0.15) is 29.5 Å². The Labute approximate surface area is 218 Å². The average molecular weight is 529 g/mol. The lowest BCUT2D eigenvalue weighted by Crippen LogP contribution is -2.45. The van der Waals surface area contributed by atoms with E-state index in [2.05, 4.69) is 10.5 Å². The van der Waals surface area contributed by atoms with Crippen LogP contribution in [0.1, 0.15) is 41.2 Å². The van der Waals surface area contributed by atoms with Crippen molar-refractivity contribution in [3.63, 3.8) is 0 Å². The fourth-order valence-electron chi connectivity index (χ4n) is 4.33. The van der Waals surface area contributed by atoms with Crippen LogP contribution in [0.5, 0.6) is 17.2 Å². The number of aliphatic carboxylic acids is 1. The molecule has 4 rings (SSSR count). The molecule has 11 heteroatoms. The zero-order valence-corrected chi connectivity index (χ0v) is 21.7. The quantitative estimate of drug-likeness (QED) is 0.438. The van der Waals surface area contributed by atoms with Crippen molar-refractivity contribution >= 4 is 34.6 Å². The van der Waals surface area contributed by atoms with E-state index in [0.717, 1.165) is 22.9 Å². The van der Waals surface area contributed by atoms with E-state index in [1.54, 1.807) is 26.0 Å². The fourth-order valence-corrected chi connectivity index (χ4v) is 5.19. The highest BCUT2D eigenvalue weighted by molar-refractivity contribution is 8.15. The topological polar surface area (TPSA) is 144 Å². The van der Waals surface area contributed by atoms with Gasteiger partial charge in [0, 0.05) is 17.5 Å². The lowest BCUT2D eigenvalue weighted by molar-refractivity contribution is -0.142. The summed E-state index contributed by atoms with van der Waals surface area (Å²) in [4.78, 5) is 39.2. The van der Waals surface area contributed by atoms with Gasteiger partial charge < -0.3 is 24.5 Å². The summed E-state index contributed by atoms with van der Waals surface area (Å²) in [5, 5.41) is 25.1. The smallest absolute Gasteiger partial charge is 0.344 e. The zero-order valence-electron chi connectivity index (χ0n) is 20.9. The zero-order chi connectivity index (χ0) is 26.9. The minimum atomic E-state index is -1.15. The fraction of sp³-hybridized carbons (Fsp3) is 0.385. The van der Waals surface area contributed by atoms with Gasteiger partial charge in [-0.15, -0.1) is 0 Å². The van der Waals surface area contributed by atoms with E-state index >= 15 is 0 Å². The number of imide groups is 1. The molecule has 2 amide bonds. The number of fused-ring (bicyclic) bond motifs is 1. The number of nitrogens with zero attached hydrogens (tertiary/aromatic N) is 1. The number of ether oxygens (including phenoxy) is 2. The van der Waals surface area contributed by atoms with E-state index in [1.807, 2.05) is 26.0 Å². The van der Waals surface area contributed by atoms with Crippen LogP contribution in [0.25, 0.3) is 0 Å². The molecule has 3 N–H and O–H groups in total. The molecule has 2 aliphatic rings. The van der Waals surface area contributed by atoms with Crippen molar-refractivity contribution < 1.29 is 38.9 Å². The minimum Gasteiger partial charge on any atom is -0.507 e. The molecule has 10 nitrogen and oxygen atoms in total. The molecule has 1 saturated heterocycles. The van der Waals surface area contributed by atoms with Gasteiger partial charge in [-0.25, -0.2) is 4.79 Å². The van der Waals surface area contributed by atoms with Crippen molar-refractivity contribution in [1.82, 2.24) is 5.32 Å². The Kier molecular flexibility index (Phi) is 7.35. The molecule has 0 radical (unpaired) electrons. The number of carboxylic acids is 1. The van der Waals surface area contributed by atoms with Crippen LogP contribution in [0.4, 0.5) is 4.79 Å². The van der Waals surface area contributed by atoms with Crippen LogP contribution >= 0.6 is 11.8 Å². The molecule has 0 bridgehead atoms. The third kappa shape index (κ3) is 5.66. The highest BCUT2D eigenvalue weighted by Crippen LogP contribution is 2.43. The second-order valence-electron chi connectivity index (χ2n) is 9.38. The summed E-state index contributed by atoms with van der Waals surface area (Å²) in [6.07, 6.45) is 0.684. The van der Waals surface area contributed by atoms with Crippen molar-refractivity contribution in [3.05, 3.63) is 52.1 Å². The molecule has 1 fully saturated rings. The number of amides is 2. The maximum Gasteiger partial charge on any atom is 0.344 e. The van der Waals surface area contributed by atoms with Gasteiger partial charge in [0.05, 0.1) is 11.0 Å². The van der Waals surface area contributed by atoms with Gasteiger partial charge in [0.15, 0.2) is 0 Å². The van der Waals surface area contributed by atoms with Gasteiger partial charge >= 0.3 is 5.97 Å². The molecule has 37 heavy (non-hydrogen) atoms. The Morgan fingerprint density at radius 2 is 1.89 bits per heavy atom. The molecule has 2 atom stereocenters. The van der Waals surface area contributed by atoms with Gasteiger partial charge in [0.2, 0.25) is 12.5 Å². The van der Waals surface area contributed by atoms with Crippen LogP contribution in [0.2, 0.25) is 0 Å². The number of benzene rings is 2. The van der Waals surface area contributed by atoms with Crippen LogP contribution in [0.15, 0.2) is 29.4 Å². The van der Waals surface area contributed by atoms with Gasteiger partial charge in [-0.1, -0.05) is 29.1 Å². The van der Waals surface area contributed by atoms with Crippen molar-refractivity contribution in [2.75, 3.05) is 13.2 Å². The first-order valence-electron chi connectivity index (χ1n) is 11.6. The van der Waals surface area contributed by atoms with Crippen molar-refractivity contribution in [1.29, 1.82) is 0 Å². The first-order valence-corrected chi connectivity index (χ1v) is 12.5. The predicted molar refractivity (Wildman–Crippen MR) is 137 cm³/mol. The number of thioether (sulfide) groups is 1. The summed E-state index contributed by atoms with van der Waals surface area (Å²) >= 11 is 0.990. The number of rotatable bonds is 8. The lowest BCUT2D eigenvalue weighted by atomic mass is 9.86. The summed E-state index contributed by atoms with van der Waals surface area (Å²) in [5.74, 6) is -0.167. The third-order valence-electron chi connectivity index (χ3n) is 6.41. The summed E-state index contributed by atoms with van der Waals surface area (Å²) in [6, 6.07) is 7.27. The summed E-state index contributed by atoms with van der Waals surface area (Å²) in [6.45, 7) is 6.81. The highest BCUT2D eigenvalue weighted by Gasteiger charge is 2.40. The van der Waals surface area contributed by atoms with Gasteiger partial charge in [-0.3, -0.25) is 14.9 Å². The number of carbonyl (C=O) groups excluding carboxylic acids is 2. The van der Waals surface area contributed by atoms with Crippen LogP contribution < -0.4 is 14.8 Å². The van der Waals surface area contributed by atoms with Gasteiger partial charge in [0.25, 0.3) is 5.24 Å². The molecule has 2 aliphatic heterocycles. The Morgan fingerprint density at radius 3 is 2.51 bits per heavy atom. The number of carbonyl (C=O) groups is 3. The van der Waals surface area contributed by atoms with Crippen LogP contribution in [-0.4, -0.2) is 57.1 Å². The van der Waals surface area contributed by atoms with E-state index in [1.165, 1.54) is 0 Å². The van der Waals surface area contributed by atoms with E-state index < -0.39 is 23.4 Å². The molecular formula is C26H28N2O8S. The van der Waals surface area contributed by atoms with Crippen LogP contribution in [-0.2, 0) is 20.8 Å². The predicted octanol–water partition coefficient (Wildman–Crippen LogP) is 3.64. The van der Waals surface area contributed by atoms with E-state index in [9.17, 15) is 19.5 Å². The Morgan fingerprint density at radius 1 is 1.19 bits per heavy atom. The van der Waals surface area contributed by atoms with Crippen LogP contribution in [0, 0.1) is 20.8 Å². The molecule has 0 aliphatic carbocycles. The number of hydrogen-bond donors (Lipinski definition) is 3. The minimum absolute atomic E-state index is 0.128. The van der Waals surface area contributed by atoms with Crippen LogP contribution in [0.3, 0.4) is 0 Å². The first-order chi connectivity index (χ1) is 17.5. The molecule has 2 aromatic carbocycles. The summed E-state index contributed by atoms with van der Waals surface area (Å²) in [7, 11) is 0. The molecule has 2 heterocycles. The highest BCUT2D eigenvalue weighted by atomic mass is 32.2. The van der Waals surface area contributed by atoms with Crippen molar-refractivity contribution in [3.8, 4) is 17.2 Å². The van der Waals surface area contributed by atoms with Crippen molar-refractivity contribution in [2.45, 2.75) is 51.4 Å². The largest absolute Gasteiger partial charge is 0.507 e. The Hall–Kier alpha value is -3.73. The number of oxime groups is 1. The first kappa shape index (κ1) is 26.3. The molecule has 2 unspecified atom stereocenters. The number of nitrogens with one attached hydrogen (secondary N) is 1. The summed E-state index contributed by atoms with van der Waals surface area (Å²) < 4.78 is 12.5. The van der Waals surface area contributed by atoms with Crippen molar-refractivity contribution in [2.24, 2.45) is 5.16 Å². The molecule has 0 spiro atoms. The number of hydrogen-bond acceptors (Lipinski definition) is 9. The normalized spacial score (nSPS) is 21.8. The molecule has 2 aromatic rings. The van der Waals surface area contributed by atoms with Gasteiger partial charge in [-0.05, 0) is 62.9 Å². The lowest BCUT2D eigenvalue weighted by Gasteiger charge is -2.37.